The Morgan fingerprint density at radius 3 is 2.35 bits per heavy atom. The Hall–Kier alpha value is -1.29. The summed E-state index contributed by atoms with van der Waals surface area (Å²) in [4.78, 5) is 22.1. The van der Waals surface area contributed by atoms with Crippen LogP contribution in [-0.4, -0.2) is 21.9 Å². The van der Waals surface area contributed by atoms with Crippen LogP contribution in [0.3, 0.4) is 0 Å². The predicted octanol–water partition coefficient (Wildman–Crippen LogP) is 2.77. The molecule has 0 aliphatic carbocycles. The van der Waals surface area contributed by atoms with E-state index in [0.717, 1.165) is 17.3 Å². The van der Waals surface area contributed by atoms with Crippen LogP contribution in [0.1, 0.15) is 25.3 Å². The first-order valence-electron chi connectivity index (χ1n) is 5.43. The third kappa shape index (κ3) is 4.23. The topological polar surface area (TPSA) is 54.4 Å². The Labute approximate surface area is 105 Å². The van der Waals surface area contributed by atoms with Gasteiger partial charge in [-0.15, -0.1) is 0 Å². The van der Waals surface area contributed by atoms with E-state index < -0.39 is 11.9 Å². The number of carboxylic acid groups (broad SMARTS) is 1. The summed E-state index contributed by atoms with van der Waals surface area (Å²) in [5.41, 5.74) is 0.990. The van der Waals surface area contributed by atoms with E-state index >= 15 is 0 Å². The number of benzene rings is 1. The molecule has 3 nitrogen and oxygen atoms in total. The van der Waals surface area contributed by atoms with Gasteiger partial charge in [-0.25, -0.2) is 0 Å². The molecule has 0 spiro atoms. The van der Waals surface area contributed by atoms with E-state index in [0.29, 0.717) is 5.75 Å². The van der Waals surface area contributed by atoms with E-state index in [2.05, 4.69) is 0 Å². The average Bonchev–Trinajstić information content (AvgIpc) is 2.29. The van der Waals surface area contributed by atoms with E-state index in [9.17, 15) is 14.7 Å². The molecule has 0 aliphatic rings. The molecule has 92 valence electrons. The largest absolute Gasteiger partial charge is 0.481 e. The van der Waals surface area contributed by atoms with E-state index in [1.807, 2.05) is 37.3 Å². The summed E-state index contributed by atoms with van der Waals surface area (Å²) in [6.07, 6.45) is 0. The molecular formula is C13H16O3S. The second-order valence-electron chi connectivity index (χ2n) is 3.95. The summed E-state index contributed by atoms with van der Waals surface area (Å²) in [7, 11) is 0. The standard InChI is InChI=1S/C13H16O3S/c1-9(11-6-4-3-5-7-11)12(13(15)16)8-17-10(2)14/h3-7,9,12H,8H2,1-2H3,(H,15,16)/t9-,12-/m0/s1. The molecule has 0 aliphatic heterocycles. The van der Waals surface area contributed by atoms with Crippen molar-refractivity contribution >= 4 is 22.8 Å². The SMILES string of the molecule is CC(=O)SC[C@H](C(=O)O)[C@@H](C)c1ccccc1. The zero-order valence-electron chi connectivity index (χ0n) is 9.92. The van der Waals surface area contributed by atoms with Crippen molar-refractivity contribution in [3.8, 4) is 0 Å². The maximum absolute atomic E-state index is 11.2. The highest BCUT2D eigenvalue weighted by Gasteiger charge is 2.26. The quantitative estimate of drug-likeness (QED) is 0.875. The third-order valence-electron chi connectivity index (χ3n) is 2.71. The van der Waals surface area contributed by atoms with Crippen LogP contribution in [-0.2, 0) is 9.59 Å². The van der Waals surface area contributed by atoms with E-state index in [-0.39, 0.29) is 11.0 Å². The second-order valence-corrected chi connectivity index (χ2v) is 5.14. The molecule has 1 rings (SSSR count). The molecule has 0 fully saturated rings. The molecule has 0 amide bonds. The molecule has 0 radical (unpaired) electrons. The number of hydrogen-bond donors (Lipinski definition) is 1. The van der Waals surface area contributed by atoms with Crippen LogP contribution in [0.2, 0.25) is 0 Å². The van der Waals surface area contributed by atoms with Crippen LogP contribution in [0.5, 0.6) is 0 Å². The van der Waals surface area contributed by atoms with Gasteiger partial charge in [-0.05, 0) is 11.5 Å². The number of thioether (sulfide) groups is 1. The lowest BCUT2D eigenvalue weighted by Gasteiger charge is -2.19. The van der Waals surface area contributed by atoms with Gasteiger partial charge >= 0.3 is 5.97 Å². The first-order valence-corrected chi connectivity index (χ1v) is 6.42. The summed E-state index contributed by atoms with van der Waals surface area (Å²) < 4.78 is 0. The number of carboxylic acids is 1. The molecule has 0 heterocycles. The normalized spacial score (nSPS) is 14.0. The summed E-state index contributed by atoms with van der Waals surface area (Å²) in [6, 6.07) is 9.51. The number of carbonyl (C=O) groups is 2. The molecule has 0 saturated carbocycles. The van der Waals surface area contributed by atoms with Crippen LogP contribution >= 0.6 is 11.8 Å². The monoisotopic (exact) mass is 252 g/mol. The van der Waals surface area contributed by atoms with Crippen molar-refractivity contribution in [2.45, 2.75) is 19.8 Å². The average molecular weight is 252 g/mol. The van der Waals surface area contributed by atoms with Crippen molar-refractivity contribution < 1.29 is 14.7 Å². The lowest BCUT2D eigenvalue weighted by Crippen LogP contribution is -2.23. The Balaban J connectivity index is 2.77. The van der Waals surface area contributed by atoms with Crippen molar-refractivity contribution in [1.82, 2.24) is 0 Å². The van der Waals surface area contributed by atoms with Crippen molar-refractivity contribution in [3.05, 3.63) is 35.9 Å². The first-order chi connectivity index (χ1) is 8.02. The summed E-state index contributed by atoms with van der Waals surface area (Å²) in [5, 5.41) is 9.15. The Morgan fingerprint density at radius 1 is 1.29 bits per heavy atom. The highest BCUT2D eigenvalue weighted by molar-refractivity contribution is 8.13. The summed E-state index contributed by atoms with van der Waals surface area (Å²) in [6.45, 7) is 3.34. The number of aliphatic carboxylic acids is 1. The molecule has 0 aromatic heterocycles. The van der Waals surface area contributed by atoms with Gasteiger partial charge in [0.05, 0.1) is 5.92 Å². The molecule has 17 heavy (non-hydrogen) atoms. The lowest BCUT2D eigenvalue weighted by atomic mass is 9.89. The minimum absolute atomic E-state index is 0.0449. The summed E-state index contributed by atoms with van der Waals surface area (Å²) in [5.74, 6) is -1.16. The van der Waals surface area contributed by atoms with Gasteiger partial charge in [0, 0.05) is 12.7 Å². The van der Waals surface area contributed by atoms with Crippen molar-refractivity contribution in [3.63, 3.8) is 0 Å². The molecular weight excluding hydrogens is 236 g/mol. The highest BCUT2D eigenvalue weighted by Crippen LogP contribution is 2.27. The van der Waals surface area contributed by atoms with E-state index in [4.69, 9.17) is 0 Å². The van der Waals surface area contributed by atoms with Gasteiger partial charge in [0.25, 0.3) is 0 Å². The second kappa shape index (κ2) is 6.45. The fourth-order valence-electron chi connectivity index (χ4n) is 1.63. The lowest BCUT2D eigenvalue weighted by molar-refractivity contribution is -0.141. The maximum atomic E-state index is 11.2. The Bertz CT molecular complexity index is 389. The van der Waals surface area contributed by atoms with Gasteiger partial charge in [0.15, 0.2) is 5.12 Å². The van der Waals surface area contributed by atoms with Gasteiger partial charge in [-0.1, -0.05) is 49.0 Å². The van der Waals surface area contributed by atoms with Crippen LogP contribution in [0.25, 0.3) is 0 Å². The maximum Gasteiger partial charge on any atom is 0.307 e. The Kier molecular flexibility index (Phi) is 5.22. The Morgan fingerprint density at radius 2 is 1.88 bits per heavy atom. The van der Waals surface area contributed by atoms with Gasteiger partial charge in [0.1, 0.15) is 0 Å². The van der Waals surface area contributed by atoms with Crippen LogP contribution in [0.15, 0.2) is 30.3 Å². The molecule has 0 saturated heterocycles. The van der Waals surface area contributed by atoms with Crippen LogP contribution in [0, 0.1) is 5.92 Å². The van der Waals surface area contributed by atoms with E-state index in [1.165, 1.54) is 6.92 Å². The van der Waals surface area contributed by atoms with Crippen LogP contribution in [0.4, 0.5) is 0 Å². The van der Waals surface area contributed by atoms with Gasteiger partial charge in [0.2, 0.25) is 0 Å². The number of rotatable bonds is 5. The molecule has 1 N–H and O–H groups in total. The van der Waals surface area contributed by atoms with Gasteiger partial charge in [-0.2, -0.15) is 0 Å². The molecule has 4 heteroatoms. The molecule has 1 aromatic rings. The van der Waals surface area contributed by atoms with Crippen molar-refractivity contribution in [2.75, 3.05) is 5.75 Å². The third-order valence-corrected chi connectivity index (χ3v) is 3.64. The smallest absolute Gasteiger partial charge is 0.307 e. The van der Waals surface area contributed by atoms with E-state index in [1.54, 1.807) is 0 Å². The van der Waals surface area contributed by atoms with Crippen LogP contribution < -0.4 is 0 Å². The predicted molar refractivity (Wildman–Crippen MR) is 69.1 cm³/mol. The molecule has 1 aromatic carbocycles. The number of carbonyl (C=O) groups excluding carboxylic acids is 1. The summed E-state index contributed by atoms with van der Waals surface area (Å²) >= 11 is 1.07. The molecule has 0 bridgehead atoms. The zero-order chi connectivity index (χ0) is 12.8. The molecule has 2 atom stereocenters. The molecule has 0 unspecified atom stereocenters. The zero-order valence-corrected chi connectivity index (χ0v) is 10.7. The van der Waals surface area contributed by atoms with Gasteiger partial charge < -0.3 is 5.11 Å². The fraction of sp³-hybridized carbons (Fsp3) is 0.385. The first kappa shape index (κ1) is 13.8. The fourth-order valence-corrected chi connectivity index (χ4v) is 2.47. The van der Waals surface area contributed by atoms with Crippen molar-refractivity contribution in [2.24, 2.45) is 5.92 Å². The highest BCUT2D eigenvalue weighted by atomic mass is 32.2. The number of hydrogen-bond acceptors (Lipinski definition) is 3. The minimum Gasteiger partial charge on any atom is -0.481 e. The minimum atomic E-state index is -0.852. The van der Waals surface area contributed by atoms with Crippen molar-refractivity contribution in [1.29, 1.82) is 0 Å². The van der Waals surface area contributed by atoms with Gasteiger partial charge in [-0.3, -0.25) is 9.59 Å².